The predicted molar refractivity (Wildman–Crippen MR) is 103 cm³/mol. The van der Waals surface area contributed by atoms with Crippen LogP contribution in [0.15, 0.2) is 42.9 Å². The van der Waals surface area contributed by atoms with Crippen LogP contribution in [0.5, 0.6) is 5.75 Å². The summed E-state index contributed by atoms with van der Waals surface area (Å²) in [6, 6.07) is 7.19. The van der Waals surface area contributed by atoms with E-state index in [1.54, 1.807) is 13.3 Å². The number of carbonyl (C=O) groups excluding carboxylic acids is 2. The third kappa shape index (κ3) is 3.62. The molecule has 0 aliphatic carbocycles. The molecule has 1 N–H and O–H groups in total. The van der Waals surface area contributed by atoms with Gasteiger partial charge in [0.1, 0.15) is 11.4 Å². The van der Waals surface area contributed by atoms with E-state index in [1.807, 2.05) is 34.1 Å². The van der Waals surface area contributed by atoms with Crippen molar-refractivity contribution in [3.8, 4) is 5.75 Å². The number of benzene rings is 1. The normalized spacial score (nSPS) is 17.8. The summed E-state index contributed by atoms with van der Waals surface area (Å²) in [5.74, 6) is 0.681. The van der Waals surface area contributed by atoms with E-state index >= 15 is 0 Å². The van der Waals surface area contributed by atoms with Crippen molar-refractivity contribution in [1.29, 1.82) is 0 Å². The lowest BCUT2D eigenvalue weighted by Gasteiger charge is -2.53. The standard InChI is InChI=1S/C20H23N5O3/c1-28-16-4-2-15(3-5-16)23-19(27)25-13-20(14-25)6-10-24(11-7-20)18(26)17-12-21-8-9-22-17/h2-5,8-9,12H,6-7,10-11,13-14H2,1H3,(H,23,27). The molecule has 0 atom stereocenters. The van der Waals surface area contributed by atoms with Gasteiger partial charge in [0.2, 0.25) is 0 Å². The van der Waals surface area contributed by atoms with Crippen molar-refractivity contribution in [3.63, 3.8) is 0 Å². The number of piperidine rings is 1. The first kappa shape index (κ1) is 18.2. The first-order valence-electron chi connectivity index (χ1n) is 9.34. The number of anilines is 1. The van der Waals surface area contributed by atoms with Gasteiger partial charge < -0.3 is 19.9 Å². The average molecular weight is 381 g/mol. The molecule has 8 nitrogen and oxygen atoms in total. The lowest BCUT2D eigenvalue weighted by Crippen LogP contribution is -2.63. The number of methoxy groups -OCH3 is 1. The van der Waals surface area contributed by atoms with Crippen LogP contribution in [0, 0.1) is 5.41 Å². The summed E-state index contributed by atoms with van der Waals surface area (Å²) in [4.78, 5) is 36.6. The van der Waals surface area contributed by atoms with Crippen molar-refractivity contribution in [2.45, 2.75) is 12.8 Å². The zero-order chi connectivity index (χ0) is 19.6. The van der Waals surface area contributed by atoms with Gasteiger partial charge in [0, 0.05) is 49.7 Å². The number of hydrogen-bond acceptors (Lipinski definition) is 5. The minimum atomic E-state index is -0.0890. The summed E-state index contributed by atoms with van der Waals surface area (Å²) in [5.41, 5.74) is 1.25. The van der Waals surface area contributed by atoms with E-state index in [-0.39, 0.29) is 17.4 Å². The highest BCUT2D eigenvalue weighted by atomic mass is 16.5. The minimum Gasteiger partial charge on any atom is -0.497 e. The molecule has 1 aromatic carbocycles. The van der Waals surface area contributed by atoms with Crippen LogP contribution in [0.2, 0.25) is 0 Å². The van der Waals surface area contributed by atoms with Crippen molar-refractivity contribution < 1.29 is 14.3 Å². The Labute approximate surface area is 163 Å². The summed E-state index contributed by atoms with van der Waals surface area (Å²) in [7, 11) is 1.61. The molecule has 0 unspecified atom stereocenters. The zero-order valence-electron chi connectivity index (χ0n) is 15.8. The zero-order valence-corrected chi connectivity index (χ0v) is 15.8. The van der Waals surface area contributed by atoms with E-state index in [2.05, 4.69) is 15.3 Å². The quantitative estimate of drug-likeness (QED) is 0.881. The van der Waals surface area contributed by atoms with Gasteiger partial charge in [-0.15, -0.1) is 0 Å². The van der Waals surface area contributed by atoms with Crippen molar-refractivity contribution in [2.24, 2.45) is 5.41 Å². The van der Waals surface area contributed by atoms with Crippen LogP contribution in [0.3, 0.4) is 0 Å². The molecule has 2 fully saturated rings. The van der Waals surface area contributed by atoms with E-state index in [4.69, 9.17) is 4.74 Å². The summed E-state index contributed by atoms with van der Waals surface area (Å²) in [6.45, 7) is 2.82. The van der Waals surface area contributed by atoms with Crippen LogP contribution >= 0.6 is 0 Å². The predicted octanol–water partition coefficient (Wildman–Crippen LogP) is 2.26. The molecule has 4 rings (SSSR count). The Morgan fingerprint density at radius 2 is 1.79 bits per heavy atom. The Balaban J connectivity index is 1.27. The fourth-order valence-electron chi connectivity index (χ4n) is 3.86. The summed E-state index contributed by atoms with van der Waals surface area (Å²) >= 11 is 0. The molecule has 0 radical (unpaired) electrons. The van der Waals surface area contributed by atoms with Crippen LogP contribution in [-0.2, 0) is 0 Å². The van der Waals surface area contributed by atoms with Gasteiger partial charge >= 0.3 is 6.03 Å². The maximum Gasteiger partial charge on any atom is 0.321 e. The van der Waals surface area contributed by atoms with Gasteiger partial charge in [-0.25, -0.2) is 9.78 Å². The van der Waals surface area contributed by atoms with Gasteiger partial charge in [-0.1, -0.05) is 0 Å². The molecule has 1 spiro atoms. The number of nitrogens with one attached hydrogen (secondary N) is 1. The molecular formula is C20H23N5O3. The number of rotatable bonds is 3. The Bertz CT molecular complexity index is 840. The summed E-state index contributed by atoms with van der Waals surface area (Å²) in [5, 5.41) is 2.92. The summed E-state index contributed by atoms with van der Waals surface area (Å²) < 4.78 is 5.12. The first-order valence-corrected chi connectivity index (χ1v) is 9.34. The SMILES string of the molecule is COc1ccc(NC(=O)N2CC3(CCN(C(=O)c4cnccn4)CC3)C2)cc1. The maximum absolute atomic E-state index is 12.5. The highest BCUT2D eigenvalue weighted by Gasteiger charge is 2.47. The number of hydrogen-bond donors (Lipinski definition) is 1. The summed E-state index contributed by atoms with van der Waals surface area (Å²) in [6.07, 6.45) is 6.38. The topological polar surface area (TPSA) is 87.7 Å². The average Bonchev–Trinajstić information content (AvgIpc) is 2.72. The molecule has 0 saturated carbocycles. The van der Waals surface area contributed by atoms with Crippen LogP contribution < -0.4 is 10.1 Å². The monoisotopic (exact) mass is 381 g/mol. The van der Waals surface area contributed by atoms with Gasteiger partial charge in [0.25, 0.3) is 5.91 Å². The lowest BCUT2D eigenvalue weighted by atomic mass is 9.72. The molecule has 8 heteroatoms. The minimum absolute atomic E-state index is 0.0728. The van der Waals surface area contributed by atoms with Gasteiger partial charge in [0.05, 0.1) is 13.3 Å². The number of ether oxygens (including phenoxy) is 1. The molecule has 2 aliphatic rings. The van der Waals surface area contributed by atoms with E-state index < -0.39 is 0 Å². The Kier molecular flexibility index (Phi) is 4.85. The van der Waals surface area contributed by atoms with Crippen LogP contribution in [0.4, 0.5) is 10.5 Å². The molecule has 0 bridgehead atoms. The highest BCUT2D eigenvalue weighted by molar-refractivity contribution is 5.92. The molecule has 2 aromatic rings. The molecule has 3 amide bonds. The van der Waals surface area contributed by atoms with E-state index in [0.29, 0.717) is 18.8 Å². The van der Waals surface area contributed by atoms with Crippen LogP contribution in [0.25, 0.3) is 0 Å². The lowest BCUT2D eigenvalue weighted by molar-refractivity contribution is -0.0147. The molecule has 2 aliphatic heterocycles. The largest absolute Gasteiger partial charge is 0.497 e. The maximum atomic E-state index is 12.5. The highest BCUT2D eigenvalue weighted by Crippen LogP contribution is 2.40. The molecular weight excluding hydrogens is 358 g/mol. The van der Waals surface area contributed by atoms with E-state index in [9.17, 15) is 9.59 Å². The van der Waals surface area contributed by atoms with Gasteiger partial charge in [-0.05, 0) is 37.1 Å². The molecule has 28 heavy (non-hydrogen) atoms. The fraction of sp³-hybridized carbons (Fsp3) is 0.400. The first-order chi connectivity index (χ1) is 13.6. The molecule has 1 aromatic heterocycles. The Morgan fingerprint density at radius 1 is 1.07 bits per heavy atom. The number of carbonyl (C=O) groups is 2. The number of amides is 3. The Morgan fingerprint density at radius 3 is 2.39 bits per heavy atom. The van der Waals surface area contributed by atoms with Crippen LogP contribution in [-0.4, -0.2) is 65.0 Å². The number of urea groups is 1. The second-order valence-corrected chi connectivity index (χ2v) is 7.40. The number of likely N-dealkylation sites (tertiary alicyclic amines) is 2. The van der Waals surface area contributed by atoms with Gasteiger partial charge in [-0.3, -0.25) is 9.78 Å². The second kappa shape index (κ2) is 7.46. The Hall–Kier alpha value is -3.16. The van der Waals surface area contributed by atoms with Crippen molar-refractivity contribution in [1.82, 2.24) is 19.8 Å². The smallest absolute Gasteiger partial charge is 0.321 e. The molecule has 2 saturated heterocycles. The van der Waals surface area contributed by atoms with Crippen molar-refractivity contribution in [3.05, 3.63) is 48.5 Å². The van der Waals surface area contributed by atoms with E-state index in [0.717, 1.165) is 37.4 Å². The molecule has 146 valence electrons. The third-order valence-electron chi connectivity index (χ3n) is 5.57. The fourth-order valence-corrected chi connectivity index (χ4v) is 3.86. The second-order valence-electron chi connectivity index (χ2n) is 7.40. The number of aromatic nitrogens is 2. The van der Waals surface area contributed by atoms with Gasteiger partial charge in [-0.2, -0.15) is 0 Å². The van der Waals surface area contributed by atoms with Crippen molar-refractivity contribution in [2.75, 3.05) is 38.6 Å². The third-order valence-corrected chi connectivity index (χ3v) is 5.57. The van der Waals surface area contributed by atoms with E-state index in [1.165, 1.54) is 12.4 Å². The van der Waals surface area contributed by atoms with Crippen molar-refractivity contribution >= 4 is 17.6 Å². The van der Waals surface area contributed by atoms with Gasteiger partial charge in [0.15, 0.2) is 0 Å². The molecule has 3 heterocycles. The number of nitrogens with zero attached hydrogens (tertiary/aromatic N) is 4. The van der Waals surface area contributed by atoms with Crippen LogP contribution in [0.1, 0.15) is 23.3 Å².